The Balaban J connectivity index is 2.54. The lowest BCUT2D eigenvalue weighted by atomic mass is 10.3. The molecular weight excluding hydrogens is 241 g/mol. The molecule has 1 aromatic carbocycles. The van der Waals surface area contributed by atoms with Gasteiger partial charge in [0.15, 0.2) is 0 Å². The number of carbonyl (C=O) groups is 1. The Morgan fingerprint density at radius 1 is 1.59 bits per heavy atom. The largest absolute Gasteiger partial charge is 0.480 e. The van der Waals surface area contributed by atoms with Crippen molar-refractivity contribution < 1.29 is 14.3 Å². The highest BCUT2D eigenvalue weighted by molar-refractivity contribution is 7.99. The number of carboxylic acids is 1. The molecule has 1 atom stereocenters. The van der Waals surface area contributed by atoms with Crippen LogP contribution in [-0.4, -0.2) is 29.4 Å². The molecule has 1 rings (SSSR count). The van der Waals surface area contributed by atoms with Crippen molar-refractivity contribution in [1.82, 2.24) is 5.32 Å². The number of halogens is 1. The molecule has 17 heavy (non-hydrogen) atoms. The molecule has 0 heterocycles. The number of hydrogen-bond acceptors (Lipinski definition) is 3. The Morgan fingerprint density at radius 2 is 2.29 bits per heavy atom. The third-order valence-electron chi connectivity index (χ3n) is 2.05. The summed E-state index contributed by atoms with van der Waals surface area (Å²) in [5.41, 5.74) is 0. The molecule has 0 spiro atoms. The maximum Gasteiger partial charge on any atom is 0.321 e. The van der Waals surface area contributed by atoms with Crippen molar-refractivity contribution in [3.63, 3.8) is 0 Å². The van der Waals surface area contributed by atoms with Gasteiger partial charge in [0, 0.05) is 17.2 Å². The highest BCUT2D eigenvalue weighted by Gasteiger charge is 2.16. The van der Waals surface area contributed by atoms with Crippen LogP contribution >= 0.6 is 11.8 Å². The Labute approximate surface area is 104 Å². The Morgan fingerprint density at radius 3 is 2.88 bits per heavy atom. The van der Waals surface area contributed by atoms with Crippen molar-refractivity contribution in [3.05, 3.63) is 42.7 Å². The summed E-state index contributed by atoms with van der Waals surface area (Å²) in [6.07, 6.45) is 1.59. The van der Waals surface area contributed by atoms with Crippen LogP contribution in [0, 0.1) is 5.82 Å². The Bertz CT molecular complexity index is 398. The van der Waals surface area contributed by atoms with Gasteiger partial charge in [0.25, 0.3) is 0 Å². The fourth-order valence-corrected chi connectivity index (χ4v) is 2.17. The van der Waals surface area contributed by atoms with E-state index in [0.717, 1.165) is 0 Å². The van der Waals surface area contributed by atoms with Crippen LogP contribution in [0.3, 0.4) is 0 Å². The number of hydrogen-bond donors (Lipinski definition) is 2. The van der Waals surface area contributed by atoms with E-state index in [1.54, 1.807) is 24.3 Å². The van der Waals surface area contributed by atoms with Crippen molar-refractivity contribution in [2.75, 3.05) is 12.3 Å². The molecular formula is C12H14FNO2S. The van der Waals surface area contributed by atoms with Crippen molar-refractivity contribution in [2.24, 2.45) is 0 Å². The lowest BCUT2D eigenvalue weighted by molar-refractivity contribution is -0.138. The van der Waals surface area contributed by atoms with Crippen LogP contribution < -0.4 is 5.32 Å². The summed E-state index contributed by atoms with van der Waals surface area (Å²) in [6, 6.07) is 5.60. The van der Waals surface area contributed by atoms with Gasteiger partial charge in [-0.25, -0.2) is 4.39 Å². The molecule has 1 unspecified atom stereocenters. The SMILES string of the molecule is C=CCNC(CSc1ccccc1F)C(=O)O. The highest BCUT2D eigenvalue weighted by Crippen LogP contribution is 2.21. The maximum absolute atomic E-state index is 13.3. The van der Waals surface area contributed by atoms with E-state index < -0.39 is 12.0 Å². The second-order valence-corrected chi connectivity index (χ2v) is 4.39. The zero-order valence-electron chi connectivity index (χ0n) is 9.23. The average Bonchev–Trinajstić information content (AvgIpc) is 2.31. The smallest absolute Gasteiger partial charge is 0.321 e. The number of rotatable bonds is 7. The molecule has 5 heteroatoms. The van der Waals surface area contributed by atoms with E-state index in [0.29, 0.717) is 11.4 Å². The van der Waals surface area contributed by atoms with Crippen molar-refractivity contribution in [1.29, 1.82) is 0 Å². The first-order chi connectivity index (χ1) is 8.15. The third-order valence-corrected chi connectivity index (χ3v) is 3.19. The van der Waals surface area contributed by atoms with Gasteiger partial charge in [-0.05, 0) is 12.1 Å². The second-order valence-electron chi connectivity index (χ2n) is 3.33. The number of carboxylic acid groups (broad SMARTS) is 1. The normalized spacial score (nSPS) is 12.1. The van der Waals surface area contributed by atoms with E-state index >= 15 is 0 Å². The van der Waals surface area contributed by atoms with E-state index in [1.807, 2.05) is 0 Å². The van der Waals surface area contributed by atoms with Gasteiger partial charge in [-0.1, -0.05) is 18.2 Å². The predicted molar refractivity (Wildman–Crippen MR) is 66.7 cm³/mol. The first-order valence-corrected chi connectivity index (χ1v) is 6.08. The van der Waals surface area contributed by atoms with Gasteiger partial charge in [0.1, 0.15) is 11.9 Å². The van der Waals surface area contributed by atoms with Crippen LogP contribution in [-0.2, 0) is 4.79 Å². The molecule has 3 nitrogen and oxygen atoms in total. The topological polar surface area (TPSA) is 49.3 Å². The summed E-state index contributed by atoms with van der Waals surface area (Å²) >= 11 is 1.18. The molecule has 0 aromatic heterocycles. The van der Waals surface area contributed by atoms with Crippen molar-refractivity contribution in [3.8, 4) is 0 Å². The van der Waals surface area contributed by atoms with Crippen molar-refractivity contribution >= 4 is 17.7 Å². The summed E-state index contributed by atoms with van der Waals surface area (Å²) in [5.74, 6) is -1.01. The van der Waals surface area contributed by atoms with E-state index in [2.05, 4.69) is 11.9 Å². The van der Waals surface area contributed by atoms with E-state index in [9.17, 15) is 9.18 Å². The monoisotopic (exact) mass is 255 g/mol. The molecule has 0 radical (unpaired) electrons. The average molecular weight is 255 g/mol. The summed E-state index contributed by atoms with van der Waals surface area (Å²) in [6.45, 7) is 3.91. The van der Waals surface area contributed by atoms with Crippen molar-refractivity contribution in [2.45, 2.75) is 10.9 Å². The molecule has 0 aliphatic heterocycles. The maximum atomic E-state index is 13.3. The number of nitrogens with one attached hydrogen (secondary N) is 1. The van der Waals surface area contributed by atoms with E-state index in [1.165, 1.54) is 17.8 Å². The van der Waals surface area contributed by atoms with E-state index in [-0.39, 0.29) is 11.6 Å². The number of aliphatic carboxylic acids is 1. The Hall–Kier alpha value is -1.33. The minimum absolute atomic E-state index is 0.268. The summed E-state index contributed by atoms with van der Waals surface area (Å²) < 4.78 is 13.3. The highest BCUT2D eigenvalue weighted by atomic mass is 32.2. The quantitative estimate of drug-likeness (QED) is 0.579. The molecule has 2 N–H and O–H groups in total. The molecule has 0 amide bonds. The van der Waals surface area contributed by atoms with Crippen LogP contribution in [0.4, 0.5) is 4.39 Å². The van der Waals surface area contributed by atoms with Gasteiger partial charge < -0.3 is 10.4 Å². The third kappa shape index (κ3) is 4.58. The van der Waals surface area contributed by atoms with Crippen LogP contribution in [0.15, 0.2) is 41.8 Å². The van der Waals surface area contributed by atoms with Gasteiger partial charge in [0.05, 0.1) is 0 Å². The number of benzene rings is 1. The minimum Gasteiger partial charge on any atom is -0.480 e. The first kappa shape index (κ1) is 13.7. The van der Waals surface area contributed by atoms with Gasteiger partial charge in [-0.2, -0.15) is 0 Å². The molecule has 1 aromatic rings. The van der Waals surface area contributed by atoms with Gasteiger partial charge >= 0.3 is 5.97 Å². The molecule has 0 aliphatic rings. The van der Waals surface area contributed by atoms with Crippen LogP contribution in [0.1, 0.15) is 0 Å². The lowest BCUT2D eigenvalue weighted by Gasteiger charge is -2.12. The standard InChI is InChI=1S/C12H14FNO2S/c1-2-7-14-10(12(15)16)8-17-11-6-4-3-5-9(11)13/h2-6,10,14H,1,7-8H2,(H,15,16). The van der Waals surface area contributed by atoms with Crippen LogP contribution in [0.25, 0.3) is 0 Å². The second kappa shape index (κ2) is 7.09. The zero-order chi connectivity index (χ0) is 12.7. The van der Waals surface area contributed by atoms with Crippen LogP contribution in [0.5, 0.6) is 0 Å². The Kier molecular flexibility index (Phi) is 5.72. The van der Waals surface area contributed by atoms with Gasteiger partial charge in [-0.3, -0.25) is 4.79 Å². The van der Waals surface area contributed by atoms with E-state index in [4.69, 9.17) is 5.11 Å². The van der Waals surface area contributed by atoms with Gasteiger partial charge in [-0.15, -0.1) is 18.3 Å². The predicted octanol–water partition coefficient (Wildman–Crippen LogP) is 2.15. The lowest BCUT2D eigenvalue weighted by Crippen LogP contribution is -2.38. The fourth-order valence-electron chi connectivity index (χ4n) is 1.18. The molecule has 0 bridgehead atoms. The molecule has 0 saturated carbocycles. The molecule has 92 valence electrons. The number of thioether (sulfide) groups is 1. The van der Waals surface area contributed by atoms with Crippen LogP contribution in [0.2, 0.25) is 0 Å². The molecule has 0 saturated heterocycles. The fraction of sp³-hybridized carbons (Fsp3) is 0.250. The molecule has 0 fully saturated rings. The minimum atomic E-state index is -0.948. The van der Waals surface area contributed by atoms with Gasteiger partial charge in [0.2, 0.25) is 0 Å². The first-order valence-electron chi connectivity index (χ1n) is 5.09. The molecule has 0 aliphatic carbocycles. The summed E-state index contributed by atoms with van der Waals surface area (Å²) in [4.78, 5) is 11.4. The zero-order valence-corrected chi connectivity index (χ0v) is 10.0. The summed E-state index contributed by atoms with van der Waals surface area (Å²) in [5, 5.41) is 11.7. The summed E-state index contributed by atoms with van der Waals surface area (Å²) in [7, 11) is 0.